The zero-order valence-electron chi connectivity index (χ0n) is 49.2. The quantitative estimate of drug-likeness (QED) is 0.0261. The summed E-state index contributed by atoms with van der Waals surface area (Å²) in [5.74, 6) is -0.866. The van der Waals surface area contributed by atoms with Gasteiger partial charge in [-0.15, -0.1) is 0 Å². The number of rotatable bonds is 60. The first kappa shape index (κ1) is 70.6. The molecule has 0 aliphatic carbocycles. The van der Waals surface area contributed by atoms with Crippen LogP contribution in [-0.2, 0) is 28.6 Å². The molecular weight excluding hydrogens is 901 g/mol. The van der Waals surface area contributed by atoms with Gasteiger partial charge in [0.1, 0.15) is 13.2 Å². The van der Waals surface area contributed by atoms with Crippen LogP contribution in [0.5, 0.6) is 0 Å². The molecule has 0 aromatic heterocycles. The Morgan fingerprint density at radius 2 is 0.493 bits per heavy atom. The van der Waals surface area contributed by atoms with E-state index in [0.29, 0.717) is 19.3 Å². The van der Waals surface area contributed by atoms with Crippen molar-refractivity contribution in [3.63, 3.8) is 0 Å². The Balaban J connectivity index is 3.95. The number of allylic oxidation sites excluding steroid dienone is 6. The first-order valence-electron chi connectivity index (χ1n) is 32.5. The normalized spacial score (nSPS) is 12.2. The Morgan fingerprint density at radius 3 is 0.767 bits per heavy atom. The molecule has 0 aromatic rings. The lowest BCUT2D eigenvalue weighted by Crippen LogP contribution is -2.30. The van der Waals surface area contributed by atoms with Crippen LogP contribution < -0.4 is 0 Å². The molecule has 73 heavy (non-hydrogen) atoms. The third-order valence-electron chi connectivity index (χ3n) is 14.6. The van der Waals surface area contributed by atoms with Gasteiger partial charge >= 0.3 is 17.9 Å². The van der Waals surface area contributed by atoms with E-state index >= 15 is 0 Å². The number of carbonyl (C=O) groups excluding carboxylic acids is 3. The Labute approximate surface area is 455 Å². The molecule has 0 aromatic carbocycles. The third kappa shape index (κ3) is 60.4. The van der Waals surface area contributed by atoms with E-state index in [1.807, 2.05) is 0 Å². The first-order chi connectivity index (χ1) is 36.0. The second-order valence-corrected chi connectivity index (χ2v) is 22.0. The van der Waals surface area contributed by atoms with Gasteiger partial charge in [0.15, 0.2) is 6.10 Å². The van der Waals surface area contributed by atoms with E-state index in [-0.39, 0.29) is 31.1 Å². The highest BCUT2D eigenvalue weighted by Crippen LogP contribution is 2.17. The largest absolute Gasteiger partial charge is 0.462 e. The summed E-state index contributed by atoms with van der Waals surface area (Å²) in [6.45, 7) is 6.62. The molecule has 6 nitrogen and oxygen atoms in total. The molecule has 0 amide bonds. The van der Waals surface area contributed by atoms with Gasteiger partial charge in [-0.05, 0) is 77.0 Å². The molecule has 0 saturated heterocycles. The molecule has 1 atom stereocenters. The number of hydrogen-bond acceptors (Lipinski definition) is 6. The minimum absolute atomic E-state index is 0.0705. The molecule has 0 aliphatic rings. The third-order valence-corrected chi connectivity index (χ3v) is 14.6. The molecule has 1 unspecified atom stereocenters. The van der Waals surface area contributed by atoms with Crippen molar-refractivity contribution in [3.8, 4) is 0 Å². The molecule has 428 valence electrons. The van der Waals surface area contributed by atoms with Crippen molar-refractivity contribution in [1.29, 1.82) is 0 Å². The summed E-state index contributed by atoms with van der Waals surface area (Å²) >= 11 is 0. The standard InChI is InChI=1S/C67H124O6/c1-4-7-10-13-16-18-20-22-24-25-26-27-28-29-30-31-32-33-34-35-36-37-38-39-40-41-43-44-46-48-51-54-57-60-66(69)72-63-64(62-71-65(68)59-56-53-50-15-12-9-6-3)73-67(70)61-58-55-52-49-47-45-42-23-21-19-17-14-11-8-5-2/h20,22-23,25-26,42,64H,4-19,21,24,27-41,43-63H2,1-3H3/b22-20-,26-25-,42-23-. The highest BCUT2D eigenvalue weighted by molar-refractivity contribution is 5.71. The van der Waals surface area contributed by atoms with Gasteiger partial charge in [0, 0.05) is 19.3 Å². The fourth-order valence-electron chi connectivity index (χ4n) is 9.71. The van der Waals surface area contributed by atoms with E-state index in [0.717, 1.165) is 70.6 Å². The van der Waals surface area contributed by atoms with Crippen LogP contribution in [-0.4, -0.2) is 37.2 Å². The highest BCUT2D eigenvalue weighted by Gasteiger charge is 2.19. The van der Waals surface area contributed by atoms with Crippen LogP contribution >= 0.6 is 0 Å². The second kappa shape index (κ2) is 62.2. The first-order valence-corrected chi connectivity index (χ1v) is 32.5. The average molecular weight is 1030 g/mol. The lowest BCUT2D eigenvalue weighted by molar-refractivity contribution is -0.167. The summed E-state index contributed by atoms with van der Waals surface area (Å²) in [7, 11) is 0. The van der Waals surface area contributed by atoms with Gasteiger partial charge in [-0.3, -0.25) is 14.4 Å². The average Bonchev–Trinajstić information content (AvgIpc) is 3.39. The van der Waals surface area contributed by atoms with Gasteiger partial charge in [-0.1, -0.05) is 295 Å². The summed E-state index contributed by atoms with van der Waals surface area (Å²) in [6, 6.07) is 0. The van der Waals surface area contributed by atoms with Crippen LogP contribution in [0.2, 0.25) is 0 Å². The van der Waals surface area contributed by atoms with Crippen molar-refractivity contribution in [3.05, 3.63) is 36.5 Å². The van der Waals surface area contributed by atoms with Crippen LogP contribution in [0.3, 0.4) is 0 Å². The lowest BCUT2D eigenvalue weighted by atomic mass is 10.0. The summed E-state index contributed by atoms with van der Waals surface area (Å²) in [6.07, 6.45) is 76.3. The van der Waals surface area contributed by atoms with E-state index in [4.69, 9.17) is 14.2 Å². The monoisotopic (exact) mass is 1020 g/mol. The van der Waals surface area contributed by atoms with Crippen molar-refractivity contribution in [2.45, 2.75) is 361 Å². The summed E-state index contributed by atoms with van der Waals surface area (Å²) < 4.78 is 16.8. The van der Waals surface area contributed by atoms with E-state index in [9.17, 15) is 14.4 Å². The van der Waals surface area contributed by atoms with Gasteiger partial charge < -0.3 is 14.2 Å². The highest BCUT2D eigenvalue weighted by atomic mass is 16.6. The van der Waals surface area contributed by atoms with E-state index in [1.165, 1.54) is 244 Å². The number of esters is 3. The molecule has 6 heteroatoms. The maximum Gasteiger partial charge on any atom is 0.306 e. The van der Waals surface area contributed by atoms with Crippen LogP contribution in [0.1, 0.15) is 355 Å². The summed E-state index contributed by atoms with van der Waals surface area (Å²) in [5, 5.41) is 0. The van der Waals surface area contributed by atoms with Crippen molar-refractivity contribution in [2.24, 2.45) is 0 Å². The molecule has 0 heterocycles. The van der Waals surface area contributed by atoms with Gasteiger partial charge in [0.2, 0.25) is 0 Å². The molecule has 0 radical (unpaired) electrons. The molecule has 0 spiro atoms. The van der Waals surface area contributed by atoms with Crippen molar-refractivity contribution in [1.82, 2.24) is 0 Å². The summed E-state index contributed by atoms with van der Waals surface area (Å²) in [5.41, 5.74) is 0. The second-order valence-electron chi connectivity index (χ2n) is 22.0. The van der Waals surface area contributed by atoms with E-state index in [2.05, 4.69) is 57.2 Å². The van der Waals surface area contributed by atoms with Gasteiger partial charge in [-0.2, -0.15) is 0 Å². The topological polar surface area (TPSA) is 78.9 Å². The molecule has 0 rings (SSSR count). The summed E-state index contributed by atoms with van der Waals surface area (Å²) in [4.78, 5) is 38.0. The minimum Gasteiger partial charge on any atom is -0.462 e. The zero-order chi connectivity index (χ0) is 52.9. The Kier molecular flexibility index (Phi) is 60.2. The van der Waals surface area contributed by atoms with Gasteiger partial charge in [0.05, 0.1) is 0 Å². The van der Waals surface area contributed by atoms with Crippen LogP contribution in [0.25, 0.3) is 0 Å². The molecule has 0 saturated carbocycles. The Morgan fingerprint density at radius 1 is 0.274 bits per heavy atom. The Hall–Kier alpha value is -2.37. The number of unbranched alkanes of at least 4 members (excludes halogenated alkanes) is 43. The van der Waals surface area contributed by atoms with Crippen molar-refractivity contribution >= 4 is 17.9 Å². The Bertz CT molecular complexity index is 1220. The lowest BCUT2D eigenvalue weighted by Gasteiger charge is -2.18. The molecular formula is C67H124O6. The van der Waals surface area contributed by atoms with Gasteiger partial charge in [-0.25, -0.2) is 0 Å². The maximum absolute atomic E-state index is 12.8. The SMILES string of the molecule is CCCCCCC/C=C\C/C=C\CCCCCCCCCCCCCCCCCCCCCCCC(=O)OCC(COC(=O)CCCCCCCCC)OC(=O)CCCCCCC/C=C\CCCCCCCC. The smallest absolute Gasteiger partial charge is 0.306 e. The van der Waals surface area contributed by atoms with Gasteiger partial charge in [0.25, 0.3) is 0 Å². The number of hydrogen-bond donors (Lipinski definition) is 0. The molecule has 0 N–H and O–H groups in total. The predicted molar refractivity (Wildman–Crippen MR) is 316 cm³/mol. The number of ether oxygens (including phenoxy) is 3. The molecule has 0 bridgehead atoms. The van der Waals surface area contributed by atoms with Crippen molar-refractivity contribution in [2.75, 3.05) is 13.2 Å². The molecule has 0 aliphatic heterocycles. The zero-order valence-corrected chi connectivity index (χ0v) is 49.2. The number of carbonyl (C=O) groups is 3. The maximum atomic E-state index is 12.8. The van der Waals surface area contributed by atoms with E-state index < -0.39 is 6.10 Å². The minimum atomic E-state index is -0.770. The molecule has 0 fully saturated rings. The van der Waals surface area contributed by atoms with Crippen molar-refractivity contribution < 1.29 is 28.6 Å². The van der Waals surface area contributed by atoms with Crippen LogP contribution in [0, 0.1) is 0 Å². The fourth-order valence-corrected chi connectivity index (χ4v) is 9.71. The fraction of sp³-hybridized carbons (Fsp3) is 0.866. The van der Waals surface area contributed by atoms with E-state index in [1.54, 1.807) is 0 Å². The van der Waals surface area contributed by atoms with Crippen LogP contribution in [0.4, 0.5) is 0 Å². The predicted octanol–water partition coefficient (Wildman–Crippen LogP) is 22.0. The van der Waals surface area contributed by atoms with Crippen LogP contribution in [0.15, 0.2) is 36.5 Å².